The van der Waals surface area contributed by atoms with Crippen molar-refractivity contribution in [1.82, 2.24) is 5.32 Å². The lowest BCUT2D eigenvalue weighted by Crippen LogP contribution is -2.56. The van der Waals surface area contributed by atoms with Crippen molar-refractivity contribution in [2.24, 2.45) is 0 Å². The Morgan fingerprint density at radius 3 is 2.83 bits per heavy atom. The van der Waals surface area contributed by atoms with E-state index in [0.29, 0.717) is 0 Å². The van der Waals surface area contributed by atoms with Crippen molar-refractivity contribution in [2.75, 3.05) is 6.54 Å². The number of morpholine rings is 1. The third-order valence-electron chi connectivity index (χ3n) is 2.60. The molecule has 1 heterocycles. The molecule has 2 nitrogen and oxygen atoms in total. The van der Waals surface area contributed by atoms with E-state index in [1.807, 2.05) is 0 Å². The lowest BCUT2D eigenvalue weighted by Gasteiger charge is -2.39. The maximum absolute atomic E-state index is 12.7. The zero-order chi connectivity index (χ0) is 8.60. The topological polar surface area (TPSA) is 21.3 Å². The quantitative estimate of drug-likeness (QED) is 0.605. The molecule has 4 heteroatoms. The normalized spacial score (nSPS) is 40.5. The molecule has 2 fully saturated rings. The van der Waals surface area contributed by atoms with Crippen molar-refractivity contribution in [1.29, 1.82) is 0 Å². The monoisotopic (exact) mass is 177 g/mol. The fourth-order valence-electron chi connectivity index (χ4n) is 1.98. The molecule has 1 aliphatic heterocycles. The highest BCUT2D eigenvalue weighted by Gasteiger charge is 2.42. The molecule has 0 aromatic carbocycles. The molecule has 2 unspecified atom stereocenters. The van der Waals surface area contributed by atoms with Crippen LogP contribution in [-0.2, 0) is 4.74 Å². The average Bonchev–Trinajstić information content (AvgIpc) is 2.02. The largest absolute Gasteiger partial charge is 0.368 e. The van der Waals surface area contributed by atoms with Gasteiger partial charge in [-0.3, -0.25) is 0 Å². The number of hydrogen-bond acceptors (Lipinski definition) is 2. The van der Waals surface area contributed by atoms with Crippen molar-refractivity contribution in [2.45, 2.75) is 43.9 Å². The van der Waals surface area contributed by atoms with Crippen molar-refractivity contribution in [3.8, 4) is 0 Å². The van der Waals surface area contributed by atoms with Crippen LogP contribution < -0.4 is 5.32 Å². The summed E-state index contributed by atoms with van der Waals surface area (Å²) in [5, 5.41) is 2.84. The minimum atomic E-state index is -2.95. The molecule has 0 radical (unpaired) electrons. The molecule has 1 saturated heterocycles. The summed E-state index contributed by atoms with van der Waals surface area (Å²) < 4.78 is 30.1. The second-order valence-corrected chi connectivity index (χ2v) is 3.57. The van der Waals surface area contributed by atoms with E-state index in [1.54, 1.807) is 0 Å². The molecule has 0 bridgehead atoms. The number of alkyl halides is 2. The van der Waals surface area contributed by atoms with Gasteiger partial charge in [0.05, 0.1) is 12.6 Å². The van der Waals surface area contributed by atoms with E-state index in [2.05, 4.69) is 10.1 Å². The first-order chi connectivity index (χ1) is 5.67. The third-order valence-corrected chi connectivity index (χ3v) is 2.60. The van der Waals surface area contributed by atoms with Crippen molar-refractivity contribution in [3.63, 3.8) is 0 Å². The summed E-state index contributed by atoms with van der Waals surface area (Å²) in [5.74, 6) is 0. The van der Waals surface area contributed by atoms with Gasteiger partial charge in [-0.25, -0.2) is 0 Å². The van der Waals surface area contributed by atoms with Gasteiger partial charge in [-0.1, -0.05) is 12.8 Å². The van der Waals surface area contributed by atoms with Crippen LogP contribution in [0.5, 0.6) is 0 Å². The number of fused-ring (bicyclic) bond motifs is 1. The van der Waals surface area contributed by atoms with Gasteiger partial charge in [-0.05, 0) is 12.8 Å². The number of halogens is 2. The average molecular weight is 177 g/mol. The third kappa shape index (κ3) is 1.59. The Morgan fingerprint density at radius 1 is 1.25 bits per heavy atom. The van der Waals surface area contributed by atoms with E-state index in [0.717, 1.165) is 25.7 Å². The standard InChI is InChI=1S/C8H13F2NO/c9-8(10)5-11-6-3-1-2-4-7(6)12-8/h6-7,11H,1-5H2. The molecule has 2 rings (SSSR count). The lowest BCUT2D eigenvalue weighted by molar-refractivity contribution is -0.287. The molecule has 2 atom stereocenters. The van der Waals surface area contributed by atoms with Gasteiger partial charge in [0.15, 0.2) is 0 Å². The lowest BCUT2D eigenvalue weighted by atomic mass is 9.91. The van der Waals surface area contributed by atoms with Crippen molar-refractivity contribution < 1.29 is 13.5 Å². The fourth-order valence-corrected chi connectivity index (χ4v) is 1.98. The van der Waals surface area contributed by atoms with Gasteiger partial charge in [0.1, 0.15) is 0 Å². The Hall–Kier alpha value is -0.220. The highest BCUT2D eigenvalue weighted by atomic mass is 19.3. The highest BCUT2D eigenvalue weighted by Crippen LogP contribution is 2.30. The van der Waals surface area contributed by atoms with Crippen molar-refractivity contribution in [3.05, 3.63) is 0 Å². The molecule has 1 saturated carbocycles. The van der Waals surface area contributed by atoms with Gasteiger partial charge in [-0.2, -0.15) is 8.78 Å². The van der Waals surface area contributed by atoms with Gasteiger partial charge < -0.3 is 10.1 Å². The van der Waals surface area contributed by atoms with Gasteiger partial charge in [0, 0.05) is 6.04 Å². The fraction of sp³-hybridized carbons (Fsp3) is 1.00. The van der Waals surface area contributed by atoms with Crippen LogP contribution in [0.1, 0.15) is 25.7 Å². The molecule has 0 aromatic rings. The zero-order valence-corrected chi connectivity index (χ0v) is 6.85. The Morgan fingerprint density at radius 2 is 2.00 bits per heavy atom. The predicted molar refractivity (Wildman–Crippen MR) is 40.1 cm³/mol. The predicted octanol–water partition coefficient (Wildman–Crippen LogP) is 1.51. The van der Waals surface area contributed by atoms with Crippen LogP contribution >= 0.6 is 0 Å². The van der Waals surface area contributed by atoms with Crippen LogP contribution in [0.4, 0.5) is 8.78 Å². The van der Waals surface area contributed by atoms with Crippen LogP contribution in [-0.4, -0.2) is 24.8 Å². The molecule has 0 aromatic heterocycles. The summed E-state index contributed by atoms with van der Waals surface area (Å²) in [7, 11) is 0. The molecular weight excluding hydrogens is 164 g/mol. The van der Waals surface area contributed by atoms with E-state index in [1.165, 1.54) is 0 Å². The van der Waals surface area contributed by atoms with Crippen LogP contribution in [0.3, 0.4) is 0 Å². The summed E-state index contributed by atoms with van der Waals surface area (Å²) >= 11 is 0. The smallest absolute Gasteiger partial charge is 0.314 e. The summed E-state index contributed by atoms with van der Waals surface area (Å²) in [6.07, 6.45) is 0.677. The van der Waals surface area contributed by atoms with Gasteiger partial charge >= 0.3 is 6.11 Å². The molecule has 2 aliphatic rings. The van der Waals surface area contributed by atoms with Crippen LogP contribution in [0.25, 0.3) is 0 Å². The Balaban J connectivity index is 1.99. The minimum absolute atomic E-state index is 0.165. The molecular formula is C8H13F2NO. The first-order valence-electron chi connectivity index (χ1n) is 4.46. The number of hydrogen-bond donors (Lipinski definition) is 1. The Labute approximate surface area is 70.3 Å². The summed E-state index contributed by atoms with van der Waals surface area (Å²) in [6.45, 7) is -0.325. The van der Waals surface area contributed by atoms with Gasteiger partial charge in [0.25, 0.3) is 0 Å². The van der Waals surface area contributed by atoms with E-state index in [9.17, 15) is 8.78 Å². The van der Waals surface area contributed by atoms with Crippen LogP contribution in [0, 0.1) is 0 Å². The first-order valence-corrected chi connectivity index (χ1v) is 4.46. The molecule has 70 valence electrons. The number of nitrogens with one attached hydrogen (secondary N) is 1. The number of ether oxygens (including phenoxy) is 1. The maximum atomic E-state index is 12.7. The number of rotatable bonds is 0. The van der Waals surface area contributed by atoms with E-state index in [-0.39, 0.29) is 18.7 Å². The molecule has 0 spiro atoms. The minimum Gasteiger partial charge on any atom is -0.314 e. The van der Waals surface area contributed by atoms with Crippen molar-refractivity contribution >= 4 is 0 Å². The van der Waals surface area contributed by atoms with E-state index in [4.69, 9.17) is 0 Å². The molecule has 1 N–H and O–H groups in total. The van der Waals surface area contributed by atoms with Gasteiger partial charge in [0.2, 0.25) is 0 Å². The highest BCUT2D eigenvalue weighted by molar-refractivity contribution is 4.87. The van der Waals surface area contributed by atoms with Gasteiger partial charge in [-0.15, -0.1) is 0 Å². The molecule has 1 aliphatic carbocycles. The maximum Gasteiger partial charge on any atom is 0.368 e. The van der Waals surface area contributed by atoms with Crippen LogP contribution in [0.15, 0.2) is 0 Å². The second-order valence-electron chi connectivity index (χ2n) is 3.57. The van der Waals surface area contributed by atoms with E-state index < -0.39 is 6.11 Å². The Bertz CT molecular complexity index is 174. The van der Waals surface area contributed by atoms with E-state index >= 15 is 0 Å². The zero-order valence-electron chi connectivity index (χ0n) is 6.85. The summed E-state index contributed by atoms with van der Waals surface area (Å²) in [5.41, 5.74) is 0. The second kappa shape index (κ2) is 2.92. The first kappa shape index (κ1) is 8.38. The Kier molecular flexibility index (Phi) is 2.04. The summed E-state index contributed by atoms with van der Waals surface area (Å²) in [6, 6.07) is 0.165. The summed E-state index contributed by atoms with van der Waals surface area (Å²) in [4.78, 5) is 0. The molecule has 0 amide bonds. The van der Waals surface area contributed by atoms with Crippen LogP contribution in [0.2, 0.25) is 0 Å². The molecule has 12 heavy (non-hydrogen) atoms. The SMILES string of the molecule is FC1(F)CNC2CCCCC2O1.